The molecule has 2 aromatic heterocycles. The number of carbonyl (C=O) groups is 4. The highest BCUT2D eigenvalue weighted by molar-refractivity contribution is 6.02. The maximum Gasteiger partial charge on any atom is 0.303 e. The molecule has 0 atom stereocenters. The molecule has 224 valence electrons. The largest absolute Gasteiger partial charge is 0.481 e. The summed E-state index contributed by atoms with van der Waals surface area (Å²) in [5.41, 5.74) is 10.8. The van der Waals surface area contributed by atoms with Gasteiger partial charge in [0.1, 0.15) is 0 Å². The van der Waals surface area contributed by atoms with E-state index in [1.165, 1.54) is 0 Å². The molecule has 0 fully saturated rings. The molecule has 0 saturated carbocycles. The Morgan fingerprint density at radius 3 is 1.63 bits per heavy atom. The Labute approximate surface area is 249 Å². The fourth-order valence-electron chi connectivity index (χ4n) is 5.57. The molecule has 2 amide bonds. The second kappa shape index (κ2) is 12.4. The van der Waals surface area contributed by atoms with E-state index in [2.05, 4.69) is 33.8 Å². The van der Waals surface area contributed by atoms with Crippen molar-refractivity contribution in [1.82, 2.24) is 20.6 Å². The molecule has 0 aromatic carbocycles. The predicted molar refractivity (Wildman–Crippen MR) is 165 cm³/mol. The molecule has 10 nitrogen and oxygen atoms in total. The minimum absolute atomic E-state index is 0.116. The van der Waals surface area contributed by atoms with Gasteiger partial charge in [0.25, 0.3) is 11.8 Å². The van der Waals surface area contributed by atoms with Gasteiger partial charge in [0.2, 0.25) is 0 Å². The quantitative estimate of drug-likeness (QED) is 0.202. The molecule has 43 heavy (non-hydrogen) atoms. The normalized spacial score (nSPS) is 16.8. The molecular formula is C33H36N4O6. The zero-order chi connectivity index (χ0) is 31.6. The summed E-state index contributed by atoms with van der Waals surface area (Å²) in [5.74, 6) is -2.48. The molecule has 6 N–H and O–H groups in total. The van der Waals surface area contributed by atoms with Crippen LogP contribution in [0.3, 0.4) is 0 Å². The number of hydrogen-bond acceptors (Lipinski definition) is 4. The Kier molecular flexibility index (Phi) is 8.89. The van der Waals surface area contributed by atoms with Gasteiger partial charge in [-0.05, 0) is 80.5 Å². The number of aliphatic carboxylic acids is 2. The van der Waals surface area contributed by atoms with E-state index in [1.807, 2.05) is 32.9 Å². The third-order valence-electron chi connectivity index (χ3n) is 8.13. The first kappa shape index (κ1) is 30.8. The van der Waals surface area contributed by atoms with Crippen LogP contribution in [0.25, 0.3) is 24.3 Å². The SMILES string of the molecule is C=Cc1c(/C=C2/NC(=O)C(CCC(=O)O)=C2C)[nH]c(Cc2[nH]c(/C=C3/NC(=O)C(CCC(=O)O)=C3C)c(C)c2C=C)c1C. The molecule has 0 saturated heterocycles. The third kappa shape index (κ3) is 6.23. The fourth-order valence-corrected chi connectivity index (χ4v) is 5.57. The van der Waals surface area contributed by atoms with E-state index >= 15 is 0 Å². The number of allylic oxidation sites excluding steroid dienone is 2. The number of carboxylic acids is 2. The van der Waals surface area contributed by atoms with Gasteiger partial charge in [0.15, 0.2) is 0 Å². The Morgan fingerprint density at radius 1 is 0.698 bits per heavy atom. The molecule has 4 heterocycles. The highest BCUT2D eigenvalue weighted by Crippen LogP contribution is 2.32. The van der Waals surface area contributed by atoms with Crippen LogP contribution in [0.5, 0.6) is 0 Å². The van der Waals surface area contributed by atoms with Gasteiger partial charge in [0, 0.05) is 70.1 Å². The number of nitrogens with one attached hydrogen (secondary N) is 4. The first-order valence-corrected chi connectivity index (χ1v) is 13.9. The van der Waals surface area contributed by atoms with Crippen molar-refractivity contribution >= 4 is 48.1 Å². The summed E-state index contributed by atoms with van der Waals surface area (Å²) < 4.78 is 0. The Hall–Kier alpha value is -5.12. The van der Waals surface area contributed by atoms with E-state index in [-0.39, 0.29) is 37.5 Å². The van der Waals surface area contributed by atoms with Gasteiger partial charge in [-0.3, -0.25) is 19.2 Å². The highest BCUT2D eigenvalue weighted by atomic mass is 16.4. The molecule has 0 spiro atoms. The molecule has 2 aliphatic rings. The van der Waals surface area contributed by atoms with E-state index in [4.69, 9.17) is 10.2 Å². The number of carboxylic acid groups (broad SMARTS) is 2. The van der Waals surface area contributed by atoms with Crippen LogP contribution >= 0.6 is 0 Å². The number of aromatic amines is 2. The van der Waals surface area contributed by atoms with Crippen molar-refractivity contribution in [2.45, 2.75) is 59.8 Å². The summed E-state index contributed by atoms with van der Waals surface area (Å²) in [5, 5.41) is 23.8. The Morgan fingerprint density at radius 2 is 1.16 bits per heavy atom. The van der Waals surface area contributed by atoms with Crippen molar-refractivity contribution in [3.8, 4) is 0 Å². The van der Waals surface area contributed by atoms with E-state index < -0.39 is 11.9 Å². The van der Waals surface area contributed by atoms with Crippen LogP contribution in [-0.2, 0) is 25.6 Å². The minimum Gasteiger partial charge on any atom is -0.481 e. The monoisotopic (exact) mass is 584 g/mol. The maximum absolute atomic E-state index is 12.5. The number of rotatable bonds is 12. The molecule has 0 bridgehead atoms. The average molecular weight is 585 g/mol. The lowest BCUT2D eigenvalue weighted by atomic mass is 10.0. The molecule has 10 heteroatoms. The van der Waals surface area contributed by atoms with Crippen molar-refractivity contribution < 1.29 is 29.4 Å². The van der Waals surface area contributed by atoms with Gasteiger partial charge >= 0.3 is 11.9 Å². The summed E-state index contributed by atoms with van der Waals surface area (Å²) in [4.78, 5) is 54.0. The van der Waals surface area contributed by atoms with Gasteiger partial charge in [-0.25, -0.2) is 0 Å². The number of carbonyl (C=O) groups excluding carboxylic acids is 2. The number of hydrogen-bond donors (Lipinski definition) is 6. The van der Waals surface area contributed by atoms with Crippen LogP contribution in [0, 0.1) is 13.8 Å². The third-order valence-corrected chi connectivity index (χ3v) is 8.13. The van der Waals surface area contributed by atoms with Crippen LogP contribution in [0.4, 0.5) is 0 Å². The molecule has 4 rings (SSSR count). The average Bonchev–Trinajstić information content (AvgIpc) is 3.58. The maximum atomic E-state index is 12.5. The van der Waals surface area contributed by atoms with Gasteiger partial charge in [-0.1, -0.05) is 25.3 Å². The highest BCUT2D eigenvalue weighted by Gasteiger charge is 2.27. The lowest BCUT2D eigenvalue weighted by Gasteiger charge is -2.02. The number of amides is 2. The standard InChI is InChI=1S/C33H36N4O6/c1-7-20-16(3)24(13-26-18(5)22(32(42)36-26)9-11-30(38)39)34-28(20)14-25-17(4)21(8-2)29(35-25)15-27-19(6)23(33(43)37-27)10-12-31(40)41/h7-8,13,15,34-35H,1-2,9-12,14H2,3-6H3,(H,36,42)(H,37,43)(H,38,39)(H,40,41)/b26-13+,27-15+. The summed E-state index contributed by atoms with van der Waals surface area (Å²) in [6.07, 6.45) is 7.84. The Bertz CT molecular complexity index is 1710. The molecule has 0 radical (unpaired) electrons. The van der Waals surface area contributed by atoms with Crippen molar-refractivity contribution in [3.63, 3.8) is 0 Å². The number of aromatic nitrogens is 2. The molecule has 0 aliphatic carbocycles. The van der Waals surface area contributed by atoms with Gasteiger partial charge in [-0.15, -0.1) is 0 Å². The Balaban J connectivity index is 1.66. The predicted octanol–water partition coefficient (Wildman–Crippen LogP) is 5.14. The second-order valence-corrected chi connectivity index (χ2v) is 10.7. The molecular weight excluding hydrogens is 548 g/mol. The smallest absolute Gasteiger partial charge is 0.303 e. The minimum atomic E-state index is -0.956. The summed E-state index contributed by atoms with van der Waals surface area (Å²) in [6.45, 7) is 15.6. The molecule has 2 aliphatic heterocycles. The summed E-state index contributed by atoms with van der Waals surface area (Å²) in [7, 11) is 0. The lowest BCUT2D eigenvalue weighted by Crippen LogP contribution is -2.16. The van der Waals surface area contributed by atoms with Crippen molar-refractivity contribution in [1.29, 1.82) is 0 Å². The van der Waals surface area contributed by atoms with Gasteiger partial charge < -0.3 is 30.8 Å². The first-order chi connectivity index (χ1) is 20.4. The van der Waals surface area contributed by atoms with E-state index in [0.29, 0.717) is 29.0 Å². The van der Waals surface area contributed by atoms with Gasteiger partial charge in [0.05, 0.1) is 0 Å². The van der Waals surface area contributed by atoms with Crippen molar-refractivity contribution in [2.24, 2.45) is 0 Å². The van der Waals surface area contributed by atoms with Crippen molar-refractivity contribution in [3.05, 3.63) is 91.9 Å². The summed E-state index contributed by atoms with van der Waals surface area (Å²) in [6, 6.07) is 0. The van der Waals surface area contributed by atoms with Crippen LogP contribution < -0.4 is 10.6 Å². The summed E-state index contributed by atoms with van der Waals surface area (Å²) >= 11 is 0. The first-order valence-electron chi connectivity index (χ1n) is 13.9. The van der Waals surface area contributed by atoms with Crippen molar-refractivity contribution in [2.75, 3.05) is 0 Å². The number of H-pyrrole nitrogens is 2. The topological polar surface area (TPSA) is 164 Å². The second-order valence-electron chi connectivity index (χ2n) is 10.7. The lowest BCUT2D eigenvalue weighted by molar-refractivity contribution is -0.138. The van der Waals surface area contributed by atoms with Crippen LogP contribution in [0.15, 0.2) is 46.8 Å². The van der Waals surface area contributed by atoms with Gasteiger partial charge in [-0.2, -0.15) is 0 Å². The van der Waals surface area contributed by atoms with E-state index in [9.17, 15) is 19.2 Å². The van der Waals surface area contributed by atoms with Crippen LogP contribution in [0.1, 0.15) is 84.6 Å². The molecule has 2 aromatic rings. The zero-order valence-electron chi connectivity index (χ0n) is 24.8. The van der Waals surface area contributed by atoms with E-state index in [1.54, 1.807) is 19.1 Å². The fraction of sp³-hybridized carbons (Fsp3) is 0.273. The zero-order valence-corrected chi connectivity index (χ0v) is 24.8. The van der Waals surface area contributed by atoms with E-state index in [0.717, 1.165) is 56.2 Å². The molecule has 0 unspecified atom stereocenters. The van der Waals surface area contributed by atoms with Crippen LogP contribution in [-0.4, -0.2) is 43.9 Å². The van der Waals surface area contributed by atoms with Crippen LogP contribution in [0.2, 0.25) is 0 Å².